The minimum Gasteiger partial charge on any atom is -0.502 e. The van der Waals surface area contributed by atoms with Crippen molar-refractivity contribution in [3.05, 3.63) is 46.5 Å². The molecule has 3 fully saturated rings. The third kappa shape index (κ3) is 6.84. The van der Waals surface area contributed by atoms with Crippen LogP contribution in [0, 0.1) is 34.0 Å². The SMILES string of the molecule is COCc1ccc(C(=O)OCC2(COC3CCC(OC)C(C)O3)C(OC(C)=O)CC(O)C3(C)C4CC=C(C)C(C5=C(O)C(=O)OC5O)C4(C)CCC23)[nH]1. The molecular formula is C39H55NO13. The highest BCUT2D eigenvalue weighted by Gasteiger charge is 2.70. The summed E-state index contributed by atoms with van der Waals surface area (Å²) in [6.45, 7) is 9.35. The molecule has 14 heteroatoms. The highest BCUT2D eigenvalue weighted by atomic mass is 16.7. The van der Waals surface area contributed by atoms with E-state index >= 15 is 0 Å². The summed E-state index contributed by atoms with van der Waals surface area (Å²) in [5, 5.41) is 34.0. The summed E-state index contributed by atoms with van der Waals surface area (Å²) in [5.74, 6) is -3.95. The van der Waals surface area contributed by atoms with Gasteiger partial charge in [0.15, 0.2) is 6.29 Å². The van der Waals surface area contributed by atoms with Crippen molar-refractivity contribution in [2.24, 2.45) is 34.0 Å². The number of aliphatic hydroxyl groups is 3. The molecule has 12 unspecified atom stereocenters. The predicted octanol–water partition coefficient (Wildman–Crippen LogP) is 4.25. The van der Waals surface area contributed by atoms with E-state index in [0.717, 1.165) is 5.57 Å². The molecule has 0 spiro atoms. The summed E-state index contributed by atoms with van der Waals surface area (Å²) in [4.78, 5) is 41.9. The van der Waals surface area contributed by atoms with E-state index in [-0.39, 0.29) is 55.6 Å². The lowest BCUT2D eigenvalue weighted by Gasteiger charge is -2.68. The molecule has 0 bridgehead atoms. The van der Waals surface area contributed by atoms with Crippen LogP contribution in [0.4, 0.5) is 0 Å². The Bertz CT molecular complexity index is 1620. The number of esters is 3. The van der Waals surface area contributed by atoms with Crippen molar-refractivity contribution in [1.82, 2.24) is 4.98 Å². The van der Waals surface area contributed by atoms with Gasteiger partial charge in [-0.05, 0) is 68.9 Å². The van der Waals surface area contributed by atoms with Crippen molar-refractivity contribution in [2.75, 3.05) is 27.4 Å². The predicted molar refractivity (Wildman–Crippen MR) is 187 cm³/mol. The molecule has 14 nitrogen and oxygen atoms in total. The van der Waals surface area contributed by atoms with Crippen LogP contribution in [0.15, 0.2) is 35.1 Å². The van der Waals surface area contributed by atoms with E-state index in [1.807, 2.05) is 26.8 Å². The third-order valence-electron chi connectivity index (χ3n) is 13.3. The van der Waals surface area contributed by atoms with Crippen molar-refractivity contribution in [3.8, 4) is 0 Å². The summed E-state index contributed by atoms with van der Waals surface area (Å²) in [6.07, 6.45) is 0.521. The number of aromatic nitrogens is 1. The highest BCUT2D eigenvalue weighted by Crippen LogP contribution is 2.70. The molecule has 3 heterocycles. The first-order valence-corrected chi connectivity index (χ1v) is 18.6. The standard InChI is InChI=1S/C39H55NO13/c1-20-8-12-26-37(4,32(20)31-33(43)36(46)53-35(31)45)15-14-27-38(26,5)28(42)16-29(52-22(3)41)39(27,18-49-30-13-11-25(48-7)21(2)51-30)19-50-34(44)24-10-9-23(40-24)17-47-6/h8-10,21,25-30,32,35,40,42-43,45H,11-19H2,1-7H3. The van der Waals surface area contributed by atoms with Gasteiger partial charge >= 0.3 is 17.9 Å². The van der Waals surface area contributed by atoms with E-state index in [1.165, 1.54) is 6.92 Å². The highest BCUT2D eigenvalue weighted by molar-refractivity contribution is 5.89. The number of rotatable bonds is 11. The molecule has 0 aromatic carbocycles. The number of hydrogen-bond acceptors (Lipinski definition) is 13. The summed E-state index contributed by atoms with van der Waals surface area (Å²) < 4.78 is 40.9. The van der Waals surface area contributed by atoms with Crippen molar-refractivity contribution in [3.63, 3.8) is 0 Å². The van der Waals surface area contributed by atoms with Gasteiger partial charge in [-0.25, -0.2) is 9.59 Å². The molecule has 0 radical (unpaired) electrons. The van der Waals surface area contributed by atoms with Gasteiger partial charge in [-0.3, -0.25) is 4.79 Å². The molecular weight excluding hydrogens is 690 g/mol. The minimum atomic E-state index is -1.60. The molecule has 294 valence electrons. The summed E-state index contributed by atoms with van der Waals surface area (Å²) >= 11 is 0. The maximum atomic E-state index is 13.7. The second-order valence-corrected chi connectivity index (χ2v) is 16.1. The fraction of sp³-hybridized carbons (Fsp3) is 0.718. The monoisotopic (exact) mass is 745 g/mol. The van der Waals surface area contributed by atoms with E-state index < -0.39 is 76.5 Å². The van der Waals surface area contributed by atoms with E-state index in [1.54, 1.807) is 26.4 Å². The van der Waals surface area contributed by atoms with Crippen LogP contribution in [0.25, 0.3) is 0 Å². The van der Waals surface area contributed by atoms with Crippen molar-refractivity contribution in [1.29, 1.82) is 0 Å². The van der Waals surface area contributed by atoms with Crippen LogP contribution >= 0.6 is 0 Å². The smallest absolute Gasteiger partial charge is 0.376 e. The Morgan fingerprint density at radius 2 is 1.83 bits per heavy atom. The molecule has 1 aromatic rings. The molecule has 12 atom stereocenters. The lowest BCUT2D eigenvalue weighted by Crippen LogP contribution is -2.69. The van der Waals surface area contributed by atoms with Crippen LogP contribution in [0.3, 0.4) is 0 Å². The Morgan fingerprint density at radius 3 is 2.47 bits per heavy atom. The maximum Gasteiger partial charge on any atom is 0.376 e. The summed E-state index contributed by atoms with van der Waals surface area (Å²) in [5.41, 5.74) is -0.738. The molecule has 4 N–H and O–H groups in total. The van der Waals surface area contributed by atoms with Gasteiger partial charge in [-0.15, -0.1) is 0 Å². The molecule has 1 aromatic heterocycles. The van der Waals surface area contributed by atoms with Crippen LogP contribution in [0.1, 0.15) is 89.3 Å². The average Bonchev–Trinajstić information content (AvgIpc) is 3.67. The van der Waals surface area contributed by atoms with Gasteiger partial charge in [-0.1, -0.05) is 25.5 Å². The van der Waals surface area contributed by atoms with Gasteiger partial charge in [0, 0.05) is 51.0 Å². The van der Waals surface area contributed by atoms with Crippen LogP contribution in [-0.4, -0.2) is 103 Å². The second kappa shape index (κ2) is 15.1. The van der Waals surface area contributed by atoms with Crippen molar-refractivity contribution in [2.45, 2.75) is 117 Å². The van der Waals surface area contributed by atoms with Crippen LogP contribution < -0.4 is 0 Å². The van der Waals surface area contributed by atoms with Crippen molar-refractivity contribution >= 4 is 17.9 Å². The Balaban J connectivity index is 1.41. The first-order valence-electron chi connectivity index (χ1n) is 18.6. The van der Waals surface area contributed by atoms with Crippen LogP contribution in [0.2, 0.25) is 0 Å². The van der Waals surface area contributed by atoms with Crippen LogP contribution in [-0.2, 0) is 49.4 Å². The van der Waals surface area contributed by atoms with Gasteiger partial charge < -0.3 is 53.5 Å². The van der Waals surface area contributed by atoms with E-state index in [2.05, 4.69) is 11.9 Å². The lowest BCUT2D eigenvalue weighted by molar-refractivity contribution is -0.285. The Labute approximate surface area is 310 Å². The number of H-pyrrole nitrogens is 1. The van der Waals surface area contributed by atoms with Gasteiger partial charge in [0.25, 0.3) is 0 Å². The molecule has 2 aliphatic heterocycles. The Kier molecular flexibility index (Phi) is 11.2. The summed E-state index contributed by atoms with van der Waals surface area (Å²) in [6, 6.07) is 3.37. The second-order valence-electron chi connectivity index (χ2n) is 16.1. The topological polar surface area (TPSA) is 192 Å². The van der Waals surface area contributed by atoms with Gasteiger partial charge in [0.2, 0.25) is 12.0 Å². The maximum absolute atomic E-state index is 13.7. The molecule has 1 saturated heterocycles. The molecule has 53 heavy (non-hydrogen) atoms. The number of methoxy groups -OCH3 is 2. The number of hydrogen-bond donors (Lipinski definition) is 4. The first-order chi connectivity index (χ1) is 25.1. The normalized spacial score (nSPS) is 39.8. The zero-order valence-corrected chi connectivity index (χ0v) is 31.7. The quantitative estimate of drug-likeness (QED) is 0.143. The third-order valence-corrected chi connectivity index (χ3v) is 13.3. The largest absolute Gasteiger partial charge is 0.502 e. The molecule has 3 aliphatic carbocycles. The fourth-order valence-corrected chi connectivity index (χ4v) is 10.8. The zero-order chi connectivity index (χ0) is 38.5. The Morgan fingerprint density at radius 1 is 1.08 bits per heavy atom. The number of aliphatic hydroxyl groups excluding tert-OH is 3. The van der Waals surface area contributed by atoms with E-state index in [9.17, 15) is 29.7 Å². The van der Waals surface area contributed by atoms with Gasteiger partial charge in [0.05, 0.1) is 42.5 Å². The minimum absolute atomic E-state index is 0.00534. The lowest BCUT2D eigenvalue weighted by atomic mass is 9.38. The van der Waals surface area contributed by atoms with E-state index in [4.69, 9.17) is 33.2 Å². The molecule has 0 amide bonds. The number of carbonyl (C=O) groups is 3. The molecule has 6 rings (SSSR count). The van der Waals surface area contributed by atoms with Crippen molar-refractivity contribution < 1.29 is 62.9 Å². The van der Waals surface area contributed by atoms with E-state index in [0.29, 0.717) is 37.8 Å². The number of allylic oxidation sites excluding steroid dienone is 2. The Hall–Kier alpha value is -3.27. The van der Waals surface area contributed by atoms with Gasteiger partial charge in [-0.2, -0.15) is 0 Å². The van der Waals surface area contributed by atoms with Gasteiger partial charge in [0.1, 0.15) is 18.4 Å². The summed E-state index contributed by atoms with van der Waals surface area (Å²) in [7, 11) is 3.21. The number of carbonyl (C=O) groups excluding carboxylic acids is 3. The number of fused-ring (bicyclic) bond motifs is 3. The fourth-order valence-electron chi connectivity index (χ4n) is 10.8. The molecule has 5 aliphatic rings. The molecule has 2 saturated carbocycles. The average molecular weight is 746 g/mol. The first kappa shape index (κ1) is 39.4. The number of cyclic esters (lactones) is 1. The number of nitrogens with one attached hydrogen (secondary N) is 1. The number of aromatic amines is 1. The number of ether oxygens (including phenoxy) is 7. The zero-order valence-electron chi connectivity index (χ0n) is 31.7. The van der Waals surface area contributed by atoms with Crippen LogP contribution in [0.5, 0.6) is 0 Å².